The van der Waals surface area contributed by atoms with E-state index in [2.05, 4.69) is 25.5 Å². The summed E-state index contributed by atoms with van der Waals surface area (Å²) in [4.78, 5) is 37.8. The topological polar surface area (TPSA) is 119 Å². The fraction of sp³-hybridized carbons (Fsp3) is 0.481. The Labute approximate surface area is 226 Å². The molecule has 1 saturated heterocycles. The lowest BCUT2D eigenvalue weighted by atomic mass is 9.84. The van der Waals surface area contributed by atoms with Gasteiger partial charge in [0.05, 0.1) is 11.6 Å². The van der Waals surface area contributed by atoms with Gasteiger partial charge in [-0.05, 0) is 63.7 Å². The molecule has 3 aromatic rings. The third kappa shape index (κ3) is 5.92. The fourth-order valence-electron chi connectivity index (χ4n) is 5.28. The van der Waals surface area contributed by atoms with Crippen LogP contribution in [0.5, 0.6) is 5.88 Å². The third-order valence-corrected chi connectivity index (χ3v) is 7.46. The third-order valence-electron chi connectivity index (χ3n) is 7.24. The van der Waals surface area contributed by atoms with Gasteiger partial charge in [0.25, 0.3) is 5.91 Å². The lowest BCUT2D eigenvalue weighted by molar-refractivity contribution is -0.121. The minimum absolute atomic E-state index is 0.0551. The zero-order valence-electron chi connectivity index (χ0n) is 21.4. The molecule has 1 aliphatic carbocycles. The fourth-order valence-corrected chi connectivity index (χ4v) is 5.40. The average molecular weight is 542 g/mol. The summed E-state index contributed by atoms with van der Waals surface area (Å²) in [6, 6.07) is 5.39. The van der Waals surface area contributed by atoms with E-state index in [9.17, 15) is 9.59 Å². The Bertz CT molecular complexity index is 1270. The second kappa shape index (κ2) is 12.1. The molecule has 2 N–H and O–H groups in total. The number of hydrogen-bond donors (Lipinski definition) is 2. The van der Waals surface area contributed by atoms with Crippen molar-refractivity contribution in [2.45, 2.75) is 44.6 Å². The average Bonchev–Trinajstić information content (AvgIpc) is 3.60. The number of furan rings is 1. The van der Waals surface area contributed by atoms with Crippen molar-refractivity contribution in [2.24, 2.45) is 5.92 Å². The zero-order chi connectivity index (χ0) is 26.5. The molecular formula is C27H32ClN5O5. The van der Waals surface area contributed by atoms with Crippen LogP contribution in [0.25, 0.3) is 11.0 Å². The Hall–Kier alpha value is -3.21. The van der Waals surface area contributed by atoms with Crippen molar-refractivity contribution in [3.8, 4) is 5.88 Å². The van der Waals surface area contributed by atoms with Gasteiger partial charge in [-0.2, -0.15) is 0 Å². The molecule has 4 heterocycles. The van der Waals surface area contributed by atoms with E-state index in [0.29, 0.717) is 34.5 Å². The van der Waals surface area contributed by atoms with Crippen molar-refractivity contribution in [3.05, 3.63) is 41.4 Å². The number of fused-ring (bicyclic) bond motifs is 1. The van der Waals surface area contributed by atoms with Gasteiger partial charge in [-0.15, -0.1) is 0 Å². The van der Waals surface area contributed by atoms with Gasteiger partial charge in [0.1, 0.15) is 29.1 Å². The number of likely N-dealkylation sites (tertiary alicyclic amines) is 1. The molecule has 1 aliphatic heterocycles. The molecule has 0 unspecified atom stereocenters. The minimum atomic E-state index is -0.563. The Balaban J connectivity index is 1.39. The predicted molar refractivity (Wildman–Crippen MR) is 144 cm³/mol. The largest absolute Gasteiger partial charge is 0.475 e. The van der Waals surface area contributed by atoms with Crippen molar-refractivity contribution >= 4 is 45.9 Å². The molecule has 0 radical (unpaired) electrons. The molecule has 0 spiro atoms. The van der Waals surface area contributed by atoms with Crippen molar-refractivity contribution in [1.29, 1.82) is 0 Å². The number of nitrogens with zero attached hydrogens (tertiary/aromatic N) is 3. The maximum atomic E-state index is 13.5. The monoisotopic (exact) mass is 541 g/mol. The Kier molecular flexibility index (Phi) is 8.41. The van der Waals surface area contributed by atoms with Crippen LogP contribution in [0.1, 0.15) is 49.1 Å². The van der Waals surface area contributed by atoms with Gasteiger partial charge in [0.15, 0.2) is 0 Å². The molecule has 0 bridgehead atoms. The summed E-state index contributed by atoms with van der Waals surface area (Å²) in [6.45, 7) is 2.91. The standard InChI is InChI=1S/C27H32ClN5O5/c1-36-14-15-37-27-22-20(10-11-29-27)38-24(26(35)31-21-9-6-18(28)16-30-21)23(22)32-25(34)17-4-7-19(8-5-17)33-12-2-3-13-33/h6,9-11,16-17,19H,2-5,7-8,12-15H2,1H3,(H,32,34)(H,30,31,35)/t17-,19-. The smallest absolute Gasteiger partial charge is 0.294 e. The highest BCUT2D eigenvalue weighted by atomic mass is 35.5. The molecule has 202 valence electrons. The van der Waals surface area contributed by atoms with E-state index >= 15 is 0 Å². The number of pyridine rings is 2. The molecule has 0 atom stereocenters. The van der Waals surface area contributed by atoms with E-state index in [1.807, 2.05) is 0 Å². The van der Waals surface area contributed by atoms with Crippen LogP contribution in [0.3, 0.4) is 0 Å². The Morgan fingerprint density at radius 2 is 1.87 bits per heavy atom. The van der Waals surface area contributed by atoms with Crippen molar-refractivity contribution in [1.82, 2.24) is 14.9 Å². The van der Waals surface area contributed by atoms with Crippen LogP contribution in [-0.4, -0.2) is 66.1 Å². The normalized spacial score (nSPS) is 19.9. The van der Waals surface area contributed by atoms with Crippen LogP contribution >= 0.6 is 11.6 Å². The molecule has 2 aliphatic rings. The number of hydrogen-bond acceptors (Lipinski definition) is 8. The molecule has 1 saturated carbocycles. The SMILES string of the molecule is COCCOc1nccc2oc(C(=O)Nc3ccc(Cl)cn3)c(NC(=O)[C@H]3CC[C@H](N4CCCC4)CC3)c12. The number of anilines is 2. The lowest BCUT2D eigenvalue weighted by Gasteiger charge is -2.33. The van der Waals surface area contributed by atoms with Gasteiger partial charge in [0.2, 0.25) is 17.5 Å². The van der Waals surface area contributed by atoms with Gasteiger partial charge in [-0.25, -0.2) is 9.97 Å². The summed E-state index contributed by atoms with van der Waals surface area (Å²) in [5, 5.41) is 6.58. The number of ether oxygens (including phenoxy) is 2. The molecule has 10 nitrogen and oxygen atoms in total. The molecule has 0 aromatic carbocycles. The summed E-state index contributed by atoms with van der Waals surface area (Å²) in [5.41, 5.74) is 0.605. The van der Waals surface area contributed by atoms with Crippen LogP contribution < -0.4 is 15.4 Å². The summed E-state index contributed by atoms with van der Waals surface area (Å²) in [7, 11) is 1.58. The van der Waals surface area contributed by atoms with E-state index in [1.165, 1.54) is 25.2 Å². The summed E-state index contributed by atoms with van der Waals surface area (Å²) < 4.78 is 16.8. The number of aromatic nitrogens is 2. The highest BCUT2D eigenvalue weighted by Crippen LogP contribution is 2.38. The van der Waals surface area contributed by atoms with Crippen LogP contribution in [0.15, 0.2) is 35.0 Å². The highest BCUT2D eigenvalue weighted by Gasteiger charge is 2.33. The van der Waals surface area contributed by atoms with Crippen molar-refractivity contribution < 1.29 is 23.5 Å². The van der Waals surface area contributed by atoms with E-state index in [0.717, 1.165) is 38.8 Å². The number of rotatable bonds is 9. The Morgan fingerprint density at radius 1 is 1.08 bits per heavy atom. The number of carbonyl (C=O) groups excluding carboxylic acids is 2. The van der Waals surface area contributed by atoms with Crippen molar-refractivity contribution in [2.75, 3.05) is 44.0 Å². The first kappa shape index (κ1) is 26.4. The van der Waals surface area contributed by atoms with Crippen molar-refractivity contribution in [3.63, 3.8) is 0 Å². The lowest BCUT2D eigenvalue weighted by Crippen LogP contribution is -2.38. The molecule has 2 fully saturated rings. The van der Waals surface area contributed by atoms with Crippen LogP contribution in [0, 0.1) is 5.92 Å². The van der Waals surface area contributed by atoms with Gasteiger partial charge in [-0.1, -0.05) is 11.6 Å². The summed E-state index contributed by atoms with van der Waals surface area (Å²) in [6.07, 6.45) is 9.06. The van der Waals surface area contributed by atoms with Crippen LogP contribution in [0.2, 0.25) is 5.02 Å². The van der Waals surface area contributed by atoms with Gasteiger partial charge < -0.3 is 29.4 Å². The number of carbonyl (C=O) groups is 2. The van der Waals surface area contributed by atoms with Crippen LogP contribution in [0.4, 0.5) is 11.5 Å². The number of nitrogens with one attached hydrogen (secondary N) is 2. The predicted octanol–water partition coefficient (Wildman–Crippen LogP) is 4.75. The molecule has 5 rings (SSSR count). The summed E-state index contributed by atoms with van der Waals surface area (Å²) in [5.74, 6) is -0.362. The molecule has 38 heavy (non-hydrogen) atoms. The van der Waals surface area contributed by atoms with E-state index in [4.69, 9.17) is 25.5 Å². The molecule has 11 heteroatoms. The van der Waals surface area contributed by atoms with Gasteiger partial charge in [-0.3, -0.25) is 9.59 Å². The van der Waals surface area contributed by atoms with E-state index in [1.54, 1.807) is 25.3 Å². The second-order valence-electron chi connectivity index (χ2n) is 9.69. The van der Waals surface area contributed by atoms with Gasteiger partial charge in [0, 0.05) is 37.5 Å². The highest BCUT2D eigenvalue weighted by molar-refractivity contribution is 6.30. The second-order valence-corrected chi connectivity index (χ2v) is 10.1. The quantitative estimate of drug-likeness (QED) is 0.373. The first-order valence-corrected chi connectivity index (χ1v) is 13.4. The first-order valence-electron chi connectivity index (χ1n) is 13.0. The maximum Gasteiger partial charge on any atom is 0.294 e. The summed E-state index contributed by atoms with van der Waals surface area (Å²) >= 11 is 5.92. The minimum Gasteiger partial charge on any atom is -0.475 e. The van der Waals surface area contributed by atoms with Crippen LogP contribution in [-0.2, 0) is 9.53 Å². The Morgan fingerprint density at radius 3 is 2.58 bits per heavy atom. The van der Waals surface area contributed by atoms with Gasteiger partial charge >= 0.3 is 0 Å². The van der Waals surface area contributed by atoms with E-state index < -0.39 is 5.91 Å². The molecular weight excluding hydrogens is 510 g/mol. The number of amides is 2. The van der Waals surface area contributed by atoms with E-state index in [-0.39, 0.29) is 35.8 Å². The zero-order valence-corrected chi connectivity index (χ0v) is 22.1. The maximum absolute atomic E-state index is 13.5. The molecule has 3 aromatic heterocycles. The number of halogens is 1. The first-order chi connectivity index (χ1) is 18.5. The number of methoxy groups -OCH3 is 1. The molecule has 2 amide bonds.